The zero-order valence-electron chi connectivity index (χ0n) is 18.2. The molecule has 16 heteroatoms. The van der Waals surface area contributed by atoms with E-state index >= 15 is 0 Å². The van der Waals surface area contributed by atoms with Crippen molar-refractivity contribution in [2.75, 3.05) is 38.8 Å². The lowest BCUT2D eigenvalue weighted by Crippen LogP contribution is -2.44. The quantitative estimate of drug-likeness (QED) is 0.162. The van der Waals surface area contributed by atoms with Gasteiger partial charge in [-0.25, -0.2) is 4.68 Å². The molecule has 2 aromatic rings. The molecule has 5 atom stereocenters. The topological polar surface area (TPSA) is 202 Å². The van der Waals surface area contributed by atoms with Crippen molar-refractivity contribution >= 4 is 36.0 Å². The van der Waals surface area contributed by atoms with Gasteiger partial charge < -0.3 is 44.6 Å². The number of aliphatic hydroxyl groups excluding tert-OH is 3. The van der Waals surface area contributed by atoms with Crippen molar-refractivity contribution in [3.63, 3.8) is 0 Å². The number of hydrogen-bond acceptors (Lipinski definition) is 11. The molecule has 1 aliphatic heterocycles. The van der Waals surface area contributed by atoms with E-state index in [9.17, 15) is 29.7 Å². The second-order valence-corrected chi connectivity index (χ2v) is 10.7. The molecule has 2 fully saturated rings. The number of ether oxygens (including phenoxy) is 3. The summed E-state index contributed by atoms with van der Waals surface area (Å²) in [4.78, 5) is 27.7. The molecule has 6 N–H and O–H groups in total. The number of anilines is 1. The Morgan fingerprint density at radius 2 is 2.06 bits per heavy atom. The van der Waals surface area contributed by atoms with Gasteiger partial charge in [0.05, 0.1) is 31.4 Å². The smallest absolute Gasteiger partial charge is 0.361 e. The summed E-state index contributed by atoms with van der Waals surface area (Å²) in [7, 11) is -3.80. The number of rotatable bonds is 11. The molecule has 190 valence electrons. The summed E-state index contributed by atoms with van der Waals surface area (Å²) in [5, 5.41) is 36.3. The number of fused-ring (bicyclic) bond motifs is 1. The predicted molar refractivity (Wildman–Crippen MR) is 117 cm³/mol. The summed E-state index contributed by atoms with van der Waals surface area (Å²) in [6.45, 7) is -1.50. The Hall–Kier alpha value is -1.45. The summed E-state index contributed by atoms with van der Waals surface area (Å²) in [5.41, 5.74) is 0.260. The standard InChI is InChI=1S/C18H27ClN5O9P/c1-31-8-18(7-25,34(28,29)30)32-6-11-12(26)13(27)16(33-11)24-15-10(5-21-24)14(22-17(19)23-15)20-4-9-2-3-9/h5,9,11-13,16,25-27H,2-4,6-8H2,1H3,(H,20,22,23)(H2,28,29,30)/t11-,12-,13-,16-,18+/m1/s1. The van der Waals surface area contributed by atoms with Crippen LogP contribution in [-0.2, 0) is 18.8 Å². The SMILES string of the molecule is COC[C@@](CO)(OC[C@H]1O[C@@H](n2ncc3c(NCC4CC4)nc(Cl)nc32)[C@H](O)[C@@H]1O)P(=O)(O)O. The minimum Gasteiger partial charge on any atom is -0.393 e. The molecule has 0 bridgehead atoms. The number of aliphatic hydroxyl groups is 3. The van der Waals surface area contributed by atoms with Crippen LogP contribution in [0.3, 0.4) is 0 Å². The highest BCUT2D eigenvalue weighted by Gasteiger charge is 2.51. The Kier molecular flexibility index (Phi) is 7.46. The maximum Gasteiger partial charge on any atom is 0.361 e. The highest BCUT2D eigenvalue weighted by Crippen LogP contribution is 2.51. The maximum absolute atomic E-state index is 11.9. The maximum atomic E-state index is 11.9. The Labute approximate surface area is 199 Å². The van der Waals surface area contributed by atoms with Crippen LogP contribution in [0.4, 0.5) is 5.82 Å². The lowest BCUT2D eigenvalue weighted by molar-refractivity contribution is -0.125. The van der Waals surface area contributed by atoms with Crippen LogP contribution < -0.4 is 5.32 Å². The van der Waals surface area contributed by atoms with E-state index in [1.54, 1.807) is 0 Å². The zero-order chi connectivity index (χ0) is 24.7. The van der Waals surface area contributed by atoms with Crippen molar-refractivity contribution in [2.24, 2.45) is 5.92 Å². The van der Waals surface area contributed by atoms with Crippen LogP contribution in [0.25, 0.3) is 11.0 Å². The summed E-state index contributed by atoms with van der Waals surface area (Å²) < 4.78 is 29.0. The zero-order valence-corrected chi connectivity index (χ0v) is 19.8. The van der Waals surface area contributed by atoms with Crippen molar-refractivity contribution in [3.8, 4) is 0 Å². The van der Waals surface area contributed by atoms with Gasteiger partial charge >= 0.3 is 7.60 Å². The highest BCUT2D eigenvalue weighted by molar-refractivity contribution is 7.53. The molecule has 34 heavy (non-hydrogen) atoms. The minimum atomic E-state index is -4.98. The van der Waals surface area contributed by atoms with Crippen molar-refractivity contribution in [1.82, 2.24) is 19.7 Å². The van der Waals surface area contributed by atoms with Gasteiger partial charge in [0.15, 0.2) is 11.9 Å². The lowest BCUT2D eigenvalue weighted by Gasteiger charge is -2.32. The van der Waals surface area contributed by atoms with Gasteiger partial charge in [-0.05, 0) is 30.4 Å². The molecule has 0 aromatic carbocycles. The fourth-order valence-electron chi connectivity index (χ4n) is 3.71. The number of halogens is 1. The normalized spacial score (nSPS) is 27.3. The third kappa shape index (κ3) is 4.93. The summed E-state index contributed by atoms with van der Waals surface area (Å²) in [5.74, 6) is 1.06. The van der Waals surface area contributed by atoms with Gasteiger partial charge in [-0.2, -0.15) is 15.1 Å². The number of nitrogens with one attached hydrogen (secondary N) is 1. The first-order chi connectivity index (χ1) is 16.1. The number of hydrogen-bond donors (Lipinski definition) is 6. The molecule has 1 saturated heterocycles. The first-order valence-corrected chi connectivity index (χ1v) is 12.5. The number of methoxy groups -OCH3 is 1. The molecule has 0 amide bonds. The van der Waals surface area contributed by atoms with E-state index in [0.29, 0.717) is 17.1 Å². The van der Waals surface area contributed by atoms with Crippen molar-refractivity contribution < 1.29 is 43.9 Å². The van der Waals surface area contributed by atoms with Crippen molar-refractivity contribution in [2.45, 2.75) is 42.7 Å². The van der Waals surface area contributed by atoms with Crippen LogP contribution >= 0.6 is 19.2 Å². The second-order valence-electron chi connectivity index (χ2n) is 8.43. The summed E-state index contributed by atoms with van der Waals surface area (Å²) in [6.07, 6.45) is -1.62. The van der Waals surface area contributed by atoms with Gasteiger partial charge in [0, 0.05) is 13.7 Å². The van der Waals surface area contributed by atoms with Gasteiger partial charge in [0.2, 0.25) is 10.6 Å². The Morgan fingerprint density at radius 3 is 2.68 bits per heavy atom. The molecule has 14 nitrogen and oxygen atoms in total. The summed E-state index contributed by atoms with van der Waals surface area (Å²) >= 11 is 6.09. The molecular formula is C18H27ClN5O9P. The number of aromatic nitrogens is 4. The van der Waals surface area contributed by atoms with Gasteiger partial charge in [0.25, 0.3) is 0 Å². The van der Waals surface area contributed by atoms with Crippen LogP contribution in [0.5, 0.6) is 0 Å². The fourth-order valence-corrected chi connectivity index (χ4v) is 4.60. The number of nitrogens with zero attached hydrogens (tertiary/aromatic N) is 4. The minimum absolute atomic E-state index is 0.0468. The molecule has 0 spiro atoms. The van der Waals surface area contributed by atoms with E-state index in [1.165, 1.54) is 18.0 Å². The van der Waals surface area contributed by atoms with Gasteiger partial charge in [-0.1, -0.05) is 0 Å². The molecule has 1 saturated carbocycles. The van der Waals surface area contributed by atoms with Crippen molar-refractivity contribution in [3.05, 3.63) is 11.5 Å². The molecule has 1 aliphatic carbocycles. The predicted octanol–water partition coefficient (Wildman–Crippen LogP) is -0.550. The van der Waals surface area contributed by atoms with Crippen LogP contribution in [0.2, 0.25) is 5.28 Å². The molecule has 0 radical (unpaired) electrons. The van der Waals surface area contributed by atoms with E-state index < -0.39 is 57.3 Å². The molecule has 4 rings (SSSR count). The van der Waals surface area contributed by atoms with Crippen LogP contribution in [0.1, 0.15) is 19.1 Å². The van der Waals surface area contributed by atoms with Gasteiger partial charge in [-0.3, -0.25) is 4.57 Å². The van der Waals surface area contributed by atoms with Crippen LogP contribution in [-0.4, -0.2) is 102 Å². The summed E-state index contributed by atoms with van der Waals surface area (Å²) in [6, 6.07) is 0. The van der Waals surface area contributed by atoms with Crippen molar-refractivity contribution in [1.29, 1.82) is 0 Å². The van der Waals surface area contributed by atoms with Crippen LogP contribution in [0, 0.1) is 5.92 Å². The van der Waals surface area contributed by atoms with E-state index in [0.717, 1.165) is 19.4 Å². The Morgan fingerprint density at radius 1 is 1.32 bits per heavy atom. The van der Waals surface area contributed by atoms with E-state index in [4.69, 9.17) is 25.8 Å². The van der Waals surface area contributed by atoms with E-state index in [2.05, 4.69) is 20.4 Å². The van der Waals surface area contributed by atoms with E-state index in [1.807, 2.05) is 0 Å². The third-order valence-electron chi connectivity index (χ3n) is 5.92. The second kappa shape index (κ2) is 9.90. The van der Waals surface area contributed by atoms with Gasteiger partial charge in [0.1, 0.15) is 24.1 Å². The first kappa shape index (κ1) is 25.6. The lowest BCUT2D eigenvalue weighted by atomic mass is 10.1. The molecular weight excluding hydrogens is 497 g/mol. The first-order valence-electron chi connectivity index (χ1n) is 10.6. The molecule has 0 unspecified atom stereocenters. The average molecular weight is 524 g/mol. The molecule has 2 aliphatic rings. The largest absolute Gasteiger partial charge is 0.393 e. The van der Waals surface area contributed by atoms with Crippen LogP contribution in [0.15, 0.2) is 6.20 Å². The molecule has 2 aromatic heterocycles. The fraction of sp³-hybridized carbons (Fsp3) is 0.722. The van der Waals surface area contributed by atoms with E-state index in [-0.39, 0.29) is 10.9 Å². The highest BCUT2D eigenvalue weighted by atomic mass is 35.5. The van der Waals surface area contributed by atoms with Gasteiger partial charge in [-0.15, -0.1) is 0 Å². The average Bonchev–Trinajstić information content (AvgIpc) is 3.46. The molecule has 3 heterocycles. The monoisotopic (exact) mass is 523 g/mol. The third-order valence-corrected chi connectivity index (χ3v) is 7.55. The Bertz CT molecular complexity index is 1070. The Balaban J connectivity index is 1.54.